The largest absolute Gasteiger partial charge is 0.496 e. The summed E-state index contributed by atoms with van der Waals surface area (Å²) in [6.45, 7) is 5.49. The fourth-order valence-corrected chi connectivity index (χ4v) is 4.41. The van der Waals surface area contributed by atoms with Crippen LogP contribution in [-0.2, 0) is 14.3 Å². The number of methoxy groups -OCH3 is 1. The topological polar surface area (TPSA) is 65.0 Å². The summed E-state index contributed by atoms with van der Waals surface area (Å²) in [6, 6.07) is 5.68. The molecule has 0 radical (unpaired) electrons. The minimum atomic E-state index is -0.603. The van der Waals surface area contributed by atoms with Gasteiger partial charge in [0.2, 0.25) is 0 Å². The fraction of sp³-hybridized carbons (Fsp3) is 0.476. The van der Waals surface area contributed by atoms with Crippen LogP contribution in [0.5, 0.6) is 5.75 Å². The van der Waals surface area contributed by atoms with E-state index in [-0.39, 0.29) is 17.9 Å². The van der Waals surface area contributed by atoms with Crippen molar-refractivity contribution in [2.45, 2.75) is 52.1 Å². The van der Waals surface area contributed by atoms with Crippen molar-refractivity contribution >= 4 is 33.4 Å². The van der Waals surface area contributed by atoms with Crippen LogP contribution in [0.15, 0.2) is 38.9 Å². The zero-order valence-corrected chi connectivity index (χ0v) is 17.6. The van der Waals surface area contributed by atoms with Crippen LogP contribution < -0.4 is 4.74 Å². The number of carbonyl (C=O) groups is 2. The molecule has 1 aliphatic carbocycles. The molecule has 1 unspecified atom stereocenters. The second kappa shape index (κ2) is 7.97. The molecular formula is C21H24BrNO4. The lowest BCUT2D eigenvalue weighted by atomic mass is 9.72. The Morgan fingerprint density at radius 2 is 2.04 bits per heavy atom. The van der Waals surface area contributed by atoms with Crippen molar-refractivity contribution in [3.05, 3.63) is 39.5 Å². The van der Waals surface area contributed by atoms with Crippen molar-refractivity contribution in [3.8, 4) is 5.75 Å². The SMILES string of the molecule is COc1ccc([C@H]2C3=C(CCCC3=O)N=C(C)C2C(=O)OC(C)C)cc1Br. The number of nitrogens with zero attached hydrogens (tertiary/aromatic N) is 1. The van der Waals surface area contributed by atoms with E-state index in [4.69, 9.17) is 9.47 Å². The summed E-state index contributed by atoms with van der Waals surface area (Å²) in [7, 11) is 1.60. The lowest BCUT2D eigenvalue weighted by Crippen LogP contribution is -2.38. The van der Waals surface area contributed by atoms with Gasteiger partial charge >= 0.3 is 5.97 Å². The summed E-state index contributed by atoms with van der Waals surface area (Å²) in [6.07, 6.45) is 1.82. The van der Waals surface area contributed by atoms with Crippen LogP contribution in [0.25, 0.3) is 0 Å². The molecule has 2 aliphatic rings. The van der Waals surface area contributed by atoms with Crippen molar-refractivity contribution in [1.29, 1.82) is 0 Å². The van der Waals surface area contributed by atoms with Gasteiger partial charge in [-0.25, -0.2) is 0 Å². The molecule has 0 saturated carbocycles. The molecule has 1 aliphatic heterocycles. The van der Waals surface area contributed by atoms with E-state index >= 15 is 0 Å². The first-order valence-electron chi connectivity index (χ1n) is 9.18. The minimum Gasteiger partial charge on any atom is -0.496 e. The summed E-state index contributed by atoms with van der Waals surface area (Å²) >= 11 is 3.52. The van der Waals surface area contributed by atoms with Gasteiger partial charge in [0.1, 0.15) is 11.7 Å². The quantitative estimate of drug-likeness (QED) is 0.651. The standard InChI is InChI=1S/C21H24BrNO4/c1-11(2)27-21(25)18-12(3)23-15-6-5-7-16(24)20(15)19(18)13-8-9-17(26-4)14(22)10-13/h8-11,18-19H,5-7H2,1-4H3/t18?,19-/m1/s1. The van der Waals surface area contributed by atoms with E-state index in [9.17, 15) is 9.59 Å². The molecule has 27 heavy (non-hydrogen) atoms. The zero-order chi connectivity index (χ0) is 19.7. The highest BCUT2D eigenvalue weighted by Gasteiger charge is 2.43. The Morgan fingerprint density at radius 1 is 1.30 bits per heavy atom. The fourth-order valence-electron chi connectivity index (χ4n) is 3.85. The number of ketones is 1. The maximum atomic E-state index is 12.9. The lowest BCUT2D eigenvalue weighted by Gasteiger charge is -2.35. The number of halogens is 1. The molecule has 1 aromatic carbocycles. The highest BCUT2D eigenvalue weighted by atomic mass is 79.9. The second-order valence-corrected chi connectivity index (χ2v) is 8.08. The van der Waals surface area contributed by atoms with Crippen LogP contribution in [0.1, 0.15) is 51.5 Å². The number of carbonyl (C=O) groups excluding carboxylic acids is 2. The number of rotatable bonds is 4. The van der Waals surface area contributed by atoms with Gasteiger partial charge in [0.25, 0.3) is 0 Å². The molecule has 1 aromatic rings. The van der Waals surface area contributed by atoms with E-state index in [0.717, 1.165) is 28.6 Å². The van der Waals surface area contributed by atoms with Gasteiger partial charge in [-0.05, 0) is 67.2 Å². The van der Waals surface area contributed by atoms with Gasteiger partial charge in [-0.2, -0.15) is 0 Å². The number of hydrogen-bond acceptors (Lipinski definition) is 5. The maximum absolute atomic E-state index is 12.9. The first-order chi connectivity index (χ1) is 12.8. The molecule has 6 heteroatoms. The van der Waals surface area contributed by atoms with E-state index in [1.54, 1.807) is 7.11 Å². The summed E-state index contributed by atoms with van der Waals surface area (Å²) in [5.41, 5.74) is 3.06. The van der Waals surface area contributed by atoms with Gasteiger partial charge < -0.3 is 9.47 Å². The van der Waals surface area contributed by atoms with Gasteiger partial charge in [0.15, 0.2) is 5.78 Å². The number of esters is 1. The smallest absolute Gasteiger partial charge is 0.315 e. The molecule has 0 bridgehead atoms. The van der Waals surface area contributed by atoms with E-state index in [1.807, 2.05) is 39.0 Å². The van der Waals surface area contributed by atoms with Crippen molar-refractivity contribution in [1.82, 2.24) is 0 Å². The highest BCUT2D eigenvalue weighted by Crippen LogP contribution is 2.44. The molecular weight excluding hydrogens is 410 g/mol. The molecule has 0 amide bonds. The van der Waals surface area contributed by atoms with Crippen molar-refractivity contribution in [2.75, 3.05) is 7.11 Å². The second-order valence-electron chi connectivity index (χ2n) is 7.23. The Kier molecular flexibility index (Phi) is 5.84. The molecule has 3 rings (SSSR count). The van der Waals surface area contributed by atoms with Gasteiger partial charge in [-0.1, -0.05) is 6.07 Å². The van der Waals surface area contributed by atoms with Crippen LogP contribution in [0.3, 0.4) is 0 Å². The lowest BCUT2D eigenvalue weighted by molar-refractivity contribution is -0.150. The Balaban J connectivity index is 2.14. The molecule has 0 spiro atoms. The number of aliphatic imine (C=N–C) groups is 1. The van der Waals surface area contributed by atoms with Gasteiger partial charge in [-0.3, -0.25) is 14.6 Å². The first-order valence-corrected chi connectivity index (χ1v) is 9.98. The van der Waals surface area contributed by atoms with Gasteiger partial charge in [0.05, 0.1) is 17.7 Å². The molecule has 1 heterocycles. The number of hydrogen-bond donors (Lipinski definition) is 0. The predicted molar refractivity (Wildman–Crippen MR) is 107 cm³/mol. The summed E-state index contributed by atoms with van der Waals surface area (Å²) in [5.74, 6) is -0.558. The molecule has 0 N–H and O–H groups in total. The predicted octanol–water partition coefficient (Wildman–Crippen LogP) is 4.59. The Labute approximate surface area is 168 Å². The third-order valence-corrected chi connectivity index (χ3v) is 5.59. The number of ether oxygens (including phenoxy) is 2. The number of Topliss-reactive ketones (excluding diaryl/α,β-unsaturated/α-hetero) is 1. The number of benzene rings is 1. The van der Waals surface area contributed by atoms with Crippen molar-refractivity contribution in [2.24, 2.45) is 10.9 Å². The van der Waals surface area contributed by atoms with E-state index in [2.05, 4.69) is 20.9 Å². The Morgan fingerprint density at radius 3 is 2.67 bits per heavy atom. The average molecular weight is 434 g/mol. The van der Waals surface area contributed by atoms with Gasteiger partial charge in [0, 0.05) is 29.3 Å². The van der Waals surface area contributed by atoms with Crippen molar-refractivity contribution in [3.63, 3.8) is 0 Å². The molecule has 0 aromatic heterocycles. The average Bonchev–Trinajstić information content (AvgIpc) is 2.60. The molecule has 2 atom stereocenters. The first kappa shape index (κ1) is 19.8. The van der Waals surface area contributed by atoms with Crippen LogP contribution in [0.4, 0.5) is 0 Å². The summed E-state index contributed by atoms with van der Waals surface area (Å²) in [4.78, 5) is 30.4. The number of allylic oxidation sites excluding steroid dienone is 2. The molecule has 0 saturated heterocycles. The monoisotopic (exact) mass is 433 g/mol. The highest BCUT2D eigenvalue weighted by molar-refractivity contribution is 9.10. The van der Waals surface area contributed by atoms with Crippen LogP contribution in [0.2, 0.25) is 0 Å². The maximum Gasteiger partial charge on any atom is 0.315 e. The van der Waals surface area contributed by atoms with Gasteiger partial charge in [-0.15, -0.1) is 0 Å². The minimum absolute atomic E-state index is 0.0757. The normalized spacial score (nSPS) is 22.4. The zero-order valence-electron chi connectivity index (χ0n) is 16.0. The summed E-state index contributed by atoms with van der Waals surface area (Å²) < 4.78 is 11.6. The van der Waals surface area contributed by atoms with E-state index < -0.39 is 11.8 Å². The Hall–Kier alpha value is -1.95. The van der Waals surface area contributed by atoms with Crippen LogP contribution >= 0.6 is 15.9 Å². The van der Waals surface area contributed by atoms with E-state index in [1.165, 1.54) is 0 Å². The molecule has 5 nitrogen and oxygen atoms in total. The van der Waals surface area contributed by atoms with Crippen LogP contribution in [0, 0.1) is 5.92 Å². The third-order valence-electron chi connectivity index (χ3n) is 4.98. The van der Waals surface area contributed by atoms with Crippen molar-refractivity contribution < 1.29 is 19.1 Å². The third kappa shape index (κ3) is 3.86. The Bertz CT molecular complexity index is 841. The van der Waals surface area contributed by atoms with E-state index in [0.29, 0.717) is 23.5 Å². The summed E-state index contributed by atoms with van der Waals surface area (Å²) in [5, 5.41) is 0. The molecule has 144 valence electrons. The van der Waals surface area contributed by atoms with Crippen LogP contribution in [-0.4, -0.2) is 30.7 Å². The molecule has 0 fully saturated rings.